The highest BCUT2D eigenvalue weighted by Gasteiger charge is 2.05. The summed E-state index contributed by atoms with van der Waals surface area (Å²) in [5, 5.41) is 11.1. The molecular formula is C20H26IN7. The van der Waals surface area contributed by atoms with Crippen LogP contribution in [0.2, 0.25) is 0 Å². The molecule has 3 aromatic rings. The van der Waals surface area contributed by atoms with Crippen molar-refractivity contribution < 1.29 is 0 Å². The maximum absolute atomic E-state index is 4.52. The summed E-state index contributed by atoms with van der Waals surface area (Å²) in [6.07, 6.45) is 4.52. The number of nitrogens with zero attached hydrogens (tertiary/aromatic N) is 5. The highest BCUT2D eigenvalue weighted by atomic mass is 127. The average Bonchev–Trinajstić information content (AvgIpc) is 3.04. The second kappa shape index (κ2) is 10.7. The first-order valence-corrected chi connectivity index (χ1v) is 8.98. The van der Waals surface area contributed by atoms with Crippen molar-refractivity contribution in [2.45, 2.75) is 26.8 Å². The molecule has 0 unspecified atom stereocenters. The standard InChI is InChI=1S/C20H25N7.HI/c1-15-12-16(2)27(26-15)19-8-7-17(13-24-19)14-25-20(21-3)23-11-9-18-6-4-5-10-22-18;/h4-8,10,12-13H,9,11,14H2,1-3H3,(H2,21,23,25);1H. The first kappa shape index (κ1) is 21.8. The predicted molar refractivity (Wildman–Crippen MR) is 122 cm³/mol. The molecule has 0 aromatic carbocycles. The molecule has 3 heterocycles. The summed E-state index contributed by atoms with van der Waals surface area (Å²) in [5.41, 5.74) is 4.20. The fourth-order valence-electron chi connectivity index (χ4n) is 2.77. The molecule has 0 bridgehead atoms. The molecule has 0 aliphatic rings. The Hall–Kier alpha value is -2.49. The largest absolute Gasteiger partial charge is 0.356 e. The van der Waals surface area contributed by atoms with Gasteiger partial charge in [0.25, 0.3) is 0 Å². The number of halogens is 1. The van der Waals surface area contributed by atoms with Gasteiger partial charge in [-0.05, 0) is 43.7 Å². The maximum Gasteiger partial charge on any atom is 0.191 e. The molecular weight excluding hydrogens is 465 g/mol. The molecule has 8 heteroatoms. The lowest BCUT2D eigenvalue weighted by Gasteiger charge is -2.12. The third-order valence-electron chi connectivity index (χ3n) is 4.12. The Morgan fingerprint density at radius 1 is 1.11 bits per heavy atom. The van der Waals surface area contributed by atoms with E-state index < -0.39 is 0 Å². The lowest BCUT2D eigenvalue weighted by atomic mass is 10.2. The number of aliphatic imine (C=N–C) groups is 1. The topological polar surface area (TPSA) is 80.0 Å². The number of guanidine groups is 1. The van der Waals surface area contributed by atoms with E-state index in [1.807, 2.05) is 67.3 Å². The van der Waals surface area contributed by atoms with E-state index in [-0.39, 0.29) is 24.0 Å². The van der Waals surface area contributed by atoms with Gasteiger partial charge in [0.1, 0.15) is 0 Å². The van der Waals surface area contributed by atoms with Gasteiger partial charge < -0.3 is 10.6 Å². The Kier molecular flexibility index (Phi) is 8.37. The third-order valence-corrected chi connectivity index (χ3v) is 4.12. The van der Waals surface area contributed by atoms with Gasteiger partial charge in [-0.25, -0.2) is 9.67 Å². The van der Waals surface area contributed by atoms with Gasteiger partial charge in [0.15, 0.2) is 11.8 Å². The van der Waals surface area contributed by atoms with Gasteiger partial charge in [0.2, 0.25) is 0 Å². The SMILES string of the molecule is CN=C(NCCc1ccccn1)NCc1ccc(-n2nc(C)cc2C)nc1.I. The fraction of sp³-hybridized carbons (Fsp3) is 0.300. The fourth-order valence-corrected chi connectivity index (χ4v) is 2.77. The van der Waals surface area contributed by atoms with E-state index in [9.17, 15) is 0 Å². The second-order valence-corrected chi connectivity index (χ2v) is 6.29. The van der Waals surface area contributed by atoms with E-state index >= 15 is 0 Å². The number of aryl methyl sites for hydroxylation is 2. The summed E-state index contributed by atoms with van der Waals surface area (Å²) in [5.74, 6) is 1.58. The highest BCUT2D eigenvalue weighted by molar-refractivity contribution is 14.0. The highest BCUT2D eigenvalue weighted by Crippen LogP contribution is 2.10. The minimum atomic E-state index is 0. The number of pyridine rings is 2. The zero-order chi connectivity index (χ0) is 19.1. The van der Waals surface area contributed by atoms with Crippen molar-refractivity contribution in [2.75, 3.05) is 13.6 Å². The zero-order valence-corrected chi connectivity index (χ0v) is 18.7. The molecule has 0 spiro atoms. The van der Waals surface area contributed by atoms with Crippen LogP contribution < -0.4 is 10.6 Å². The first-order chi connectivity index (χ1) is 13.2. The Labute approximate surface area is 182 Å². The molecule has 3 rings (SSSR count). The Morgan fingerprint density at radius 2 is 1.96 bits per heavy atom. The smallest absolute Gasteiger partial charge is 0.191 e. The van der Waals surface area contributed by atoms with Crippen molar-refractivity contribution in [3.63, 3.8) is 0 Å². The monoisotopic (exact) mass is 491 g/mol. The number of hydrogen-bond acceptors (Lipinski definition) is 4. The molecule has 0 aliphatic heterocycles. The van der Waals surface area contributed by atoms with E-state index in [2.05, 4.69) is 30.7 Å². The number of nitrogens with one attached hydrogen (secondary N) is 2. The molecule has 0 amide bonds. The van der Waals surface area contributed by atoms with Gasteiger partial charge in [0.05, 0.1) is 5.69 Å². The van der Waals surface area contributed by atoms with E-state index in [1.54, 1.807) is 7.05 Å². The summed E-state index contributed by atoms with van der Waals surface area (Å²) in [6, 6.07) is 12.0. The molecule has 3 aromatic heterocycles. The maximum atomic E-state index is 4.52. The Bertz CT molecular complexity index is 889. The van der Waals surface area contributed by atoms with Gasteiger partial charge in [-0.1, -0.05) is 12.1 Å². The van der Waals surface area contributed by atoms with Crippen molar-refractivity contribution in [3.05, 3.63) is 71.4 Å². The molecule has 0 atom stereocenters. The van der Waals surface area contributed by atoms with Crippen LogP contribution in [0.15, 0.2) is 53.8 Å². The van der Waals surface area contributed by atoms with Crippen LogP contribution in [0.4, 0.5) is 0 Å². The summed E-state index contributed by atoms with van der Waals surface area (Å²) in [4.78, 5) is 13.1. The van der Waals surface area contributed by atoms with Crippen LogP contribution in [-0.2, 0) is 13.0 Å². The van der Waals surface area contributed by atoms with Crippen LogP contribution in [-0.4, -0.2) is 39.3 Å². The number of rotatable bonds is 6. The lowest BCUT2D eigenvalue weighted by Crippen LogP contribution is -2.37. The minimum Gasteiger partial charge on any atom is -0.356 e. The zero-order valence-electron chi connectivity index (χ0n) is 16.4. The molecule has 0 saturated heterocycles. The summed E-state index contributed by atoms with van der Waals surface area (Å²) >= 11 is 0. The minimum absolute atomic E-state index is 0. The number of aromatic nitrogens is 4. The molecule has 0 aliphatic carbocycles. The molecule has 2 N–H and O–H groups in total. The molecule has 0 radical (unpaired) electrons. The van der Waals surface area contributed by atoms with E-state index in [0.717, 1.165) is 47.4 Å². The number of hydrogen-bond donors (Lipinski definition) is 2. The van der Waals surface area contributed by atoms with Crippen LogP contribution in [0.3, 0.4) is 0 Å². The van der Waals surface area contributed by atoms with Crippen molar-refractivity contribution in [1.82, 2.24) is 30.4 Å². The quantitative estimate of drug-likeness (QED) is 0.315. The van der Waals surface area contributed by atoms with Crippen LogP contribution in [0, 0.1) is 13.8 Å². The van der Waals surface area contributed by atoms with Gasteiger partial charge >= 0.3 is 0 Å². The molecule has 28 heavy (non-hydrogen) atoms. The predicted octanol–water partition coefficient (Wildman–Crippen LogP) is 2.80. The lowest BCUT2D eigenvalue weighted by molar-refractivity contribution is 0.777. The normalized spacial score (nSPS) is 11.0. The molecule has 148 valence electrons. The average molecular weight is 491 g/mol. The molecule has 7 nitrogen and oxygen atoms in total. The Balaban J connectivity index is 0.00000280. The Morgan fingerprint density at radius 3 is 2.57 bits per heavy atom. The van der Waals surface area contributed by atoms with Gasteiger partial charge in [-0.2, -0.15) is 5.10 Å². The third kappa shape index (κ3) is 6.01. The van der Waals surface area contributed by atoms with E-state index in [1.165, 1.54) is 0 Å². The van der Waals surface area contributed by atoms with Crippen LogP contribution in [0.5, 0.6) is 0 Å². The van der Waals surface area contributed by atoms with Crippen LogP contribution in [0.1, 0.15) is 22.6 Å². The summed E-state index contributed by atoms with van der Waals surface area (Å²) < 4.78 is 1.85. The van der Waals surface area contributed by atoms with Crippen molar-refractivity contribution in [1.29, 1.82) is 0 Å². The van der Waals surface area contributed by atoms with Gasteiger partial charge in [-0.15, -0.1) is 24.0 Å². The van der Waals surface area contributed by atoms with E-state index in [4.69, 9.17) is 0 Å². The van der Waals surface area contributed by atoms with Crippen LogP contribution in [0.25, 0.3) is 5.82 Å². The van der Waals surface area contributed by atoms with Gasteiger partial charge in [0, 0.05) is 50.3 Å². The van der Waals surface area contributed by atoms with Crippen LogP contribution >= 0.6 is 24.0 Å². The summed E-state index contributed by atoms with van der Waals surface area (Å²) in [7, 11) is 1.76. The first-order valence-electron chi connectivity index (χ1n) is 8.98. The summed E-state index contributed by atoms with van der Waals surface area (Å²) in [6.45, 7) is 5.42. The second-order valence-electron chi connectivity index (χ2n) is 6.29. The van der Waals surface area contributed by atoms with Crippen molar-refractivity contribution in [3.8, 4) is 5.82 Å². The van der Waals surface area contributed by atoms with Crippen molar-refractivity contribution in [2.24, 2.45) is 4.99 Å². The van der Waals surface area contributed by atoms with Gasteiger partial charge in [-0.3, -0.25) is 9.98 Å². The van der Waals surface area contributed by atoms with Crippen molar-refractivity contribution >= 4 is 29.9 Å². The molecule has 0 fully saturated rings. The molecule has 0 saturated carbocycles. The van der Waals surface area contributed by atoms with E-state index in [0.29, 0.717) is 6.54 Å².